The number of rotatable bonds is 9. The number of benzene rings is 1. The van der Waals surface area contributed by atoms with Crippen LogP contribution in [0.15, 0.2) is 34.5 Å². The summed E-state index contributed by atoms with van der Waals surface area (Å²) in [7, 11) is 1.36. The molecule has 2 aliphatic heterocycles. The number of ether oxygens (including phenoxy) is 1. The number of carbonyl (C=O) groups is 4. The third-order valence-corrected chi connectivity index (χ3v) is 7.92. The van der Waals surface area contributed by atoms with E-state index in [4.69, 9.17) is 16.2 Å². The second-order valence-electron chi connectivity index (χ2n) is 7.69. The molecule has 1 fully saturated rings. The third kappa shape index (κ3) is 4.57. The summed E-state index contributed by atoms with van der Waals surface area (Å²) in [5.41, 5.74) is 11.8. The molecule has 0 radical (unpaired) electrons. The fraction of sp³-hybridized carbons (Fsp3) is 0.300. The Kier molecular flexibility index (Phi) is 7.09. The van der Waals surface area contributed by atoms with Crippen molar-refractivity contribution in [3.63, 3.8) is 0 Å². The van der Waals surface area contributed by atoms with Crippen LogP contribution >= 0.6 is 23.5 Å². The Hall–Kier alpha value is -3.76. The molecule has 1 saturated heterocycles. The summed E-state index contributed by atoms with van der Waals surface area (Å²) in [6.45, 7) is 0. The van der Waals surface area contributed by atoms with Gasteiger partial charge in [-0.25, -0.2) is 4.79 Å². The molecule has 1 aromatic heterocycles. The number of H-pyrrole nitrogens is 1. The molecule has 3 atom stereocenters. The molecule has 36 heavy (non-hydrogen) atoms. The number of fused-ring (bicyclic) bond motifs is 1. The Labute approximate surface area is 211 Å². The highest BCUT2D eigenvalue weighted by atomic mass is 32.2. The zero-order valence-electron chi connectivity index (χ0n) is 18.6. The summed E-state index contributed by atoms with van der Waals surface area (Å²) in [6, 6.07) is 2.09. The number of nitrogens with one attached hydrogen (secondary N) is 2. The molecular formula is C20H21N7O7S2. The Balaban J connectivity index is 1.46. The maximum absolute atomic E-state index is 12.9. The lowest BCUT2D eigenvalue weighted by Crippen LogP contribution is -2.71. The molecule has 0 saturated carbocycles. The molecule has 3 heterocycles. The van der Waals surface area contributed by atoms with Crippen LogP contribution in [-0.4, -0.2) is 84.2 Å². The van der Waals surface area contributed by atoms with Gasteiger partial charge in [0.2, 0.25) is 5.91 Å². The lowest BCUT2D eigenvalue weighted by atomic mass is 10.0. The van der Waals surface area contributed by atoms with Gasteiger partial charge in [-0.3, -0.25) is 19.3 Å². The number of carboxylic acid groups (broad SMARTS) is 1. The number of phenols is 1. The standard InChI is InChI=1S/C20H21N7O7S2/c1-34-10-4-7(2-3-9(10)28)11(21)16(30)23-13-18(31)27-14(20(32)33)8(6-36-19(13)27)5-35-17-12(15(22)29)24-26-25-17/h2-4,11,13,19,28H,5-6,21H2,1H3,(H2,22,29)(H,23,30)(H,32,33)(H,24,25,26)/t11?,13?,19-/m1/s1. The predicted octanol–water partition coefficient (Wildman–Crippen LogP) is -0.851. The monoisotopic (exact) mass is 535 g/mol. The summed E-state index contributed by atoms with van der Waals surface area (Å²) < 4.78 is 5.03. The average molecular weight is 536 g/mol. The molecule has 1 aromatic carbocycles. The van der Waals surface area contributed by atoms with E-state index in [9.17, 15) is 29.4 Å². The normalized spacial score (nSPS) is 19.8. The number of nitrogens with zero attached hydrogens (tertiary/aromatic N) is 3. The zero-order chi connectivity index (χ0) is 26.1. The van der Waals surface area contributed by atoms with E-state index in [1.54, 1.807) is 0 Å². The number of β-lactam (4-membered cyclic amide) rings is 1. The van der Waals surface area contributed by atoms with Gasteiger partial charge in [-0.15, -0.1) is 22.0 Å². The van der Waals surface area contributed by atoms with Crippen molar-refractivity contribution in [2.24, 2.45) is 11.5 Å². The number of aromatic nitrogens is 3. The summed E-state index contributed by atoms with van der Waals surface area (Å²) in [5.74, 6) is -2.89. The van der Waals surface area contributed by atoms with Crippen LogP contribution in [0, 0.1) is 0 Å². The lowest BCUT2D eigenvalue weighted by molar-refractivity contribution is -0.150. The summed E-state index contributed by atoms with van der Waals surface area (Å²) in [4.78, 5) is 50.2. The molecule has 8 N–H and O–H groups in total. The van der Waals surface area contributed by atoms with Crippen LogP contribution in [-0.2, 0) is 14.4 Å². The number of carboxylic acids is 1. The van der Waals surface area contributed by atoms with E-state index < -0.39 is 41.1 Å². The molecule has 0 spiro atoms. The van der Waals surface area contributed by atoms with Crippen molar-refractivity contribution in [3.05, 3.63) is 40.7 Å². The second-order valence-corrected chi connectivity index (χ2v) is 9.76. The van der Waals surface area contributed by atoms with Crippen LogP contribution < -0.4 is 21.5 Å². The van der Waals surface area contributed by atoms with E-state index in [1.807, 2.05) is 0 Å². The van der Waals surface area contributed by atoms with Gasteiger partial charge >= 0.3 is 5.97 Å². The van der Waals surface area contributed by atoms with Crippen molar-refractivity contribution in [3.8, 4) is 11.5 Å². The highest BCUT2D eigenvalue weighted by molar-refractivity contribution is 8.01. The molecule has 2 aliphatic rings. The van der Waals surface area contributed by atoms with Crippen molar-refractivity contribution in [2.45, 2.75) is 22.5 Å². The fourth-order valence-corrected chi connectivity index (χ4v) is 6.13. The van der Waals surface area contributed by atoms with Crippen LogP contribution in [0.1, 0.15) is 22.1 Å². The molecule has 3 amide bonds. The number of carbonyl (C=O) groups excluding carboxylic acids is 3. The summed E-state index contributed by atoms with van der Waals surface area (Å²) in [6.07, 6.45) is 0. The Morgan fingerprint density at radius 2 is 2.14 bits per heavy atom. The molecule has 4 rings (SSSR count). The Morgan fingerprint density at radius 1 is 1.39 bits per heavy atom. The van der Waals surface area contributed by atoms with Gasteiger partial charge in [0.1, 0.15) is 23.2 Å². The molecule has 16 heteroatoms. The maximum atomic E-state index is 12.9. The van der Waals surface area contributed by atoms with Gasteiger partial charge in [-0.05, 0) is 23.3 Å². The van der Waals surface area contributed by atoms with Crippen LogP contribution in [0.4, 0.5) is 0 Å². The number of methoxy groups -OCH3 is 1. The van der Waals surface area contributed by atoms with Gasteiger partial charge in [-0.1, -0.05) is 17.8 Å². The van der Waals surface area contributed by atoms with Crippen LogP contribution in [0.25, 0.3) is 0 Å². The molecule has 0 aliphatic carbocycles. The number of aliphatic carboxylic acids is 1. The summed E-state index contributed by atoms with van der Waals surface area (Å²) in [5, 5.41) is 31.5. The van der Waals surface area contributed by atoms with Gasteiger partial charge in [0.05, 0.1) is 7.11 Å². The minimum absolute atomic E-state index is 0.0656. The SMILES string of the molecule is COc1cc(C(N)C(=O)NC2C(=O)N3C(C(=O)O)=C(CSc4n[nH]nc4C(N)=O)CS[C@H]23)ccc1O. The minimum atomic E-state index is -1.29. The minimum Gasteiger partial charge on any atom is -0.504 e. The number of aromatic amines is 1. The number of hydrogen-bond donors (Lipinski definition) is 6. The number of primary amides is 1. The number of amides is 3. The first-order valence-electron chi connectivity index (χ1n) is 10.3. The molecule has 2 aromatic rings. The highest BCUT2D eigenvalue weighted by Gasteiger charge is 2.54. The van der Waals surface area contributed by atoms with Crippen LogP contribution in [0.5, 0.6) is 11.5 Å². The van der Waals surface area contributed by atoms with Crippen molar-refractivity contribution >= 4 is 47.2 Å². The van der Waals surface area contributed by atoms with E-state index in [-0.39, 0.29) is 39.4 Å². The number of thioether (sulfide) groups is 2. The quantitative estimate of drug-likeness (QED) is 0.170. The van der Waals surface area contributed by atoms with Crippen molar-refractivity contribution in [1.82, 2.24) is 25.6 Å². The van der Waals surface area contributed by atoms with E-state index in [0.717, 1.165) is 16.7 Å². The van der Waals surface area contributed by atoms with Gasteiger partial charge in [0, 0.05) is 11.5 Å². The fourth-order valence-electron chi connectivity index (χ4n) is 3.71. The summed E-state index contributed by atoms with van der Waals surface area (Å²) >= 11 is 2.35. The third-order valence-electron chi connectivity index (χ3n) is 5.53. The zero-order valence-corrected chi connectivity index (χ0v) is 20.3. The van der Waals surface area contributed by atoms with E-state index in [2.05, 4.69) is 20.7 Å². The van der Waals surface area contributed by atoms with Crippen molar-refractivity contribution in [1.29, 1.82) is 0 Å². The second kappa shape index (κ2) is 10.1. The molecule has 2 unspecified atom stereocenters. The smallest absolute Gasteiger partial charge is 0.352 e. The van der Waals surface area contributed by atoms with Crippen LogP contribution in [0.2, 0.25) is 0 Å². The number of aromatic hydroxyl groups is 1. The topological polar surface area (TPSA) is 227 Å². The number of hydrogen-bond acceptors (Lipinski definition) is 11. The number of phenolic OH excluding ortho intramolecular Hbond substituents is 1. The van der Waals surface area contributed by atoms with Gasteiger partial charge in [0.15, 0.2) is 22.2 Å². The molecule has 0 bridgehead atoms. The maximum Gasteiger partial charge on any atom is 0.352 e. The first-order valence-corrected chi connectivity index (χ1v) is 12.3. The highest BCUT2D eigenvalue weighted by Crippen LogP contribution is 2.41. The van der Waals surface area contributed by atoms with Crippen molar-refractivity contribution in [2.75, 3.05) is 18.6 Å². The molecule has 14 nitrogen and oxygen atoms in total. The van der Waals surface area contributed by atoms with E-state index >= 15 is 0 Å². The van der Waals surface area contributed by atoms with Gasteiger partial charge in [0.25, 0.3) is 11.8 Å². The van der Waals surface area contributed by atoms with Gasteiger partial charge in [-0.2, -0.15) is 5.21 Å². The predicted molar refractivity (Wildman–Crippen MR) is 127 cm³/mol. The lowest BCUT2D eigenvalue weighted by Gasteiger charge is -2.49. The first-order chi connectivity index (χ1) is 17.1. The van der Waals surface area contributed by atoms with E-state index in [0.29, 0.717) is 11.1 Å². The van der Waals surface area contributed by atoms with Crippen LogP contribution in [0.3, 0.4) is 0 Å². The largest absolute Gasteiger partial charge is 0.504 e. The molecular weight excluding hydrogens is 514 g/mol. The van der Waals surface area contributed by atoms with Crippen molar-refractivity contribution < 1.29 is 34.1 Å². The molecule has 190 valence electrons. The number of nitrogens with two attached hydrogens (primary N) is 2. The van der Waals surface area contributed by atoms with E-state index in [1.165, 1.54) is 37.1 Å². The Morgan fingerprint density at radius 3 is 2.81 bits per heavy atom. The van der Waals surface area contributed by atoms with Gasteiger partial charge < -0.3 is 31.7 Å². The first kappa shape index (κ1) is 25.3. The average Bonchev–Trinajstić information content (AvgIpc) is 3.34. The Bertz CT molecular complexity index is 1280.